The van der Waals surface area contributed by atoms with Crippen molar-refractivity contribution in [1.82, 2.24) is 15.3 Å². The molecule has 1 aliphatic heterocycles. The molecule has 19 heavy (non-hydrogen) atoms. The van der Waals surface area contributed by atoms with E-state index in [0.29, 0.717) is 0 Å². The number of anilines is 2. The topological polar surface area (TPSA) is 49.8 Å². The van der Waals surface area contributed by atoms with E-state index < -0.39 is 0 Å². The lowest BCUT2D eigenvalue weighted by molar-refractivity contribution is 0.625. The van der Waals surface area contributed by atoms with Crippen molar-refractivity contribution in [1.29, 1.82) is 0 Å². The van der Waals surface area contributed by atoms with Crippen LogP contribution in [-0.2, 0) is 13.0 Å². The maximum atomic E-state index is 4.55. The van der Waals surface area contributed by atoms with Gasteiger partial charge in [0.2, 0.25) is 0 Å². The van der Waals surface area contributed by atoms with E-state index in [1.165, 1.54) is 16.8 Å². The standard InChI is InChI=1S/C15H18N4/c1-10-4-3-5-12(8-10)19-15-13-9-16-7-6-14(13)17-11(2)18-15/h3-5,8,16H,6-7,9H2,1-2H3,(H,17,18,19). The van der Waals surface area contributed by atoms with Gasteiger partial charge in [-0.3, -0.25) is 0 Å². The molecule has 0 amide bonds. The summed E-state index contributed by atoms with van der Waals surface area (Å²) in [6, 6.07) is 8.33. The number of nitrogens with zero attached hydrogens (tertiary/aromatic N) is 2. The average Bonchev–Trinajstić information content (AvgIpc) is 2.38. The maximum absolute atomic E-state index is 4.55. The summed E-state index contributed by atoms with van der Waals surface area (Å²) in [6.07, 6.45) is 0.973. The summed E-state index contributed by atoms with van der Waals surface area (Å²) in [5.74, 6) is 1.76. The fourth-order valence-electron chi connectivity index (χ4n) is 2.43. The summed E-state index contributed by atoms with van der Waals surface area (Å²) in [7, 11) is 0. The number of hydrogen-bond donors (Lipinski definition) is 2. The fourth-order valence-corrected chi connectivity index (χ4v) is 2.43. The zero-order chi connectivity index (χ0) is 13.2. The molecular formula is C15H18N4. The van der Waals surface area contributed by atoms with E-state index in [4.69, 9.17) is 0 Å². The number of rotatable bonds is 2. The second-order valence-electron chi connectivity index (χ2n) is 4.97. The molecule has 0 saturated carbocycles. The highest BCUT2D eigenvalue weighted by atomic mass is 15.1. The van der Waals surface area contributed by atoms with E-state index in [0.717, 1.165) is 36.8 Å². The van der Waals surface area contributed by atoms with Gasteiger partial charge in [0.1, 0.15) is 11.6 Å². The summed E-state index contributed by atoms with van der Waals surface area (Å²) in [6.45, 7) is 5.87. The third-order valence-electron chi connectivity index (χ3n) is 3.33. The van der Waals surface area contributed by atoms with E-state index in [-0.39, 0.29) is 0 Å². The van der Waals surface area contributed by atoms with Crippen LogP contribution in [0.3, 0.4) is 0 Å². The monoisotopic (exact) mass is 254 g/mol. The van der Waals surface area contributed by atoms with Gasteiger partial charge in [0.25, 0.3) is 0 Å². The van der Waals surface area contributed by atoms with Crippen LogP contribution in [0.2, 0.25) is 0 Å². The summed E-state index contributed by atoms with van der Waals surface area (Å²) in [4.78, 5) is 9.09. The van der Waals surface area contributed by atoms with Crippen LogP contribution in [0.4, 0.5) is 11.5 Å². The van der Waals surface area contributed by atoms with Crippen LogP contribution < -0.4 is 10.6 Å². The van der Waals surface area contributed by atoms with E-state index in [2.05, 4.69) is 51.8 Å². The number of hydrogen-bond acceptors (Lipinski definition) is 4. The predicted molar refractivity (Wildman–Crippen MR) is 76.6 cm³/mol. The van der Waals surface area contributed by atoms with Crippen LogP contribution in [0.15, 0.2) is 24.3 Å². The Morgan fingerprint density at radius 1 is 1.21 bits per heavy atom. The van der Waals surface area contributed by atoms with Crippen LogP contribution in [0.25, 0.3) is 0 Å². The lowest BCUT2D eigenvalue weighted by atomic mass is 10.1. The Morgan fingerprint density at radius 2 is 2.11 bits per heavy atom. The maximum Gasteiger partial charge on any atom is 0.138 e. The van der Waals surface area contributed by atoms with Crippen molar-refractivity contribution in [3.05, 3.63) is 46.9 Å². The highest BCUT2D eigenvalue weighted by Gasteiger charge is 2.16. The highest BCUT2D eigenvalue weighted by molar-refractivity contribution is 5.61. The molecule has 4 nitrogen and oxygen atoms in total. The van der Waals surface area contributed by atoms with Gasteiger partial charge in [-0.25, -0.2) is 9.97 Å². The molecule has 1 aliphatic rings. The van der Waals surface area contributed by atoms with Crippen molar-refractivity contribution >= 4 is 11.5 Å². The Hall–Kier alpha value is -1.94. The Bertz CT molecular complexity index is 607. The van der Waals surface area contributed by atoms with Crippen LogP contribution >= 0.6 is 0 Å². The highest BCUT2D eigenvalue weighted by Crippen LogP contribution is 2.23. The molecule has 0 saturated heterocycles. The normalized spacial score (nSPS) is 14.0. The van der Waals surface area contributed by atoms with Crippen LogP contribution in [0, 0.1) is 13.8 Å². The second-order valence-corrected chi connectivity index (χ2v) is 4.97. The first-order valence-electron chi connectivity index (χ1n) is 6.63. The van der Waals surface area contributed by atoms with Crippen molar-refractivity contribution in [3.63, 3.8) is 0 Å². The molecule has 0 unspecified atom stereocenters. The van der Waals surface area contributed by atoms with Crippen LogP contribution in [0.1, 0.15) is 22.6 Å². The first-order valence-corrected chi connectivity index (χ1v) is 6.63. The van der Waals surface area contributed by atoms with Gasteiger partial charge in [0.05, 0.1) is 5.69 Å². The number of aromatic nitrogens is 2. The van der Waals surface area contributed by atoms with Gasteiger partial charge in [-0.2, -0.15) is 0 Å². The van der Waals surface area contributed by atoms with Gasteiger partial charge in [-0.1, -0.05) is 12.1 Å². The summed E-state index contributed by atoms with van der Waals surface area (Å²) in [5.41, 5.74) is 4.67. The Kier molecular flexibility index (Phi) is 3.17. The molecule has 98 valence electrons. The van der Waals surface area contributed by atoms with Crippen molar-refractivity contribution in [2.24, 2.45) is 0 Å². The molecule has 4 heteroatoms. The smallest absolute Gasteiger partial charge is 0.138 e. The molecule has 3 rings (SSSR count). The molecule has 0 bridgehead atoms. The molecule has 2 aromatic rings. The van der Waals surface area contributed by atoms with Gasteiger partial charge >= 0.3 is 0 Å². The molecule has 0 atom stereocenters. The van der Waals surface area contributed by atoms with E-state index in [9.17, 15) is 0 Å². The Morgan fingerprint density at radius 3 is 2.95 bits per heavy atom. The molecule has 0 spiro atoms. The van der Waals surface area contributed by atoms with Gasteiger partial charge in [-0.15, -0.1) is 0 Å². The van der Waals surface area contributed by atoms with Gasteiger partial charge in [0, 0.05) is 30.8 Å². The fraction of sp³-hybridized carbons (Fsp3) is 0.333. The summed E-state index contributed by atoms with van der Waals surface area (Å²) < 4.78 is 0. The van der Waals surface area contributed by atoms with Gasteiger partial charge in [0.15, 0.2) is 0 Å². The lowest BCUT2D eigenvalue weighted by Gasteiger charge is -2.20. The molecule has 1 aromatic heterocycles. The van der Waals surface area contributed by atoms with Gasteiger partial charge < -0.3 is 10.6 Å². The largest absolute Gasteiger partial charge is 0.340 e. The Balaban J connectivity index is 1.98. The minimum Gasteiger partial charge on any atom is -0.340 e. The number of aryl methyl sites for hydroxylation is 2. The summed E-state index contributed by atoms with van der Waals surface area (Å²) in [5, 5.41) is 6.80. The van der Waals surface area contributed by atoms with Crippen molar-refractivity contribution in [2.75, 3.05) is 11.9 Å². The minimum atomic E-state index is 0.829. The van der Waals surface area contributed by atoms with Crippen LogP contribution in [0.5, 0.6) is 0 Å². The predicted octanol–water partition coefficient (Wildman–Crippen LogP) is 2.48. The molecule has 0 aliphatic carbocycles. The summed E-state index contributed by atoms with van der Waals surface area (Å²) >= 11 is 0. The number of nitrogens with one attached hydrogen (secondary N) is 2. The first kappa shape index (κ1) is 12.1. The van der Waals surface area contributed by atoms with Crippen molar-refractivity contribution in [2.45, 2.75) is 26.8 Å². The quantitative estimate of drug-likeness (QED) is 0.864. The average molecular weight is 254 g/mol. The number of benzene rings is 1. The third-order valence-corrected chi connectivity index (χ3v) is 3.33. The SMILES string of the molecule is Cc1cccc(Nc2nc(C)nc3c2CNCC3)c1. The Labute approximate surface area is 113 Å². The van der Waals surface area contributed by atoms with E-state index in [1.54, 1.807) is 0 Å². The molecular weight excluding hydrogens is 236 g/mol. The van der Waals surface area contributed by atoms with Crippen molar-refractivity contribution < 1.29 is 0 Å². The van der Waals surface area contributed by atoms with E-state index >= 15 is 0 Å². The number of fused-ring (bicyclic) bond motifs is 1. The van der Waals surface area contributed by atoms with Crippen molar-refractivity contribution in [3.8, 4) is 0 Å². The molecule has 0 radical (unpaired) electrons. The molecule has 2 heterocycles. The third kappa shape index (κ3) is 2.58. The lowest BCUT2D eigenvalue weighted by Crippen LogP contribution is -2.26. The molecule has 1 aromatic carbocycles. The van der Waals surface area contributed by atoms with E-state index in [1.807, 2.05) is 6.92 Å². The zero-order valence-corrected chi connectivity index (χ0v) is 11.3. The van der Waals surface area contributed by atoms with Crippen LogP contribution in [-0.4, -0.2) is 16.5 Å². The second kappa shape index (κ2) is 4.97. The minimum absolute atomic E-state index is 0.829. The molecule has 2 N–H and O–H groups in total. The first-order chi connectivity index (χ1) is 9.22. The molecule has 0 fully saturated rings. The van der Waals surface area contributed by atoms with Gasteiger partial charge in [-0.05, 0) is 31.5 Å². The zero-order valence-electron chi connectivity index (χ0n) is 11.3.